The number of carboxylic acid groups (broad SMARTS) is 1. The number of rotatable bonds is 4. The monoisotopic (exact) mass is 262 g/mol. The first-order chi connectivity index (χ1) is 9.02. The summed E-state index contributed by atoms with van der Waals surface area (Å²) in [4.78, 5) is 13.8. The predicted octanol–water partition coefficient (Wildman–Crippen LogP) is 1.66. The largest absolute Gasteiger partial charge is 0.480 e. The average Bonchev–Trinajstić information content (AvgIpc) is 2.42. The smallest absolute Gasteiger partial charge is 0.329 e. The molecule has 1 atom stereocenters. The van der Waals surface area contributed by atoms with Gasteiger partial charge >= 0.3 is 5.97 Å². The Hall–Kier alpha value is -1.39. The second-order valence-electron chi connectivity index (χ2n) is 5.60. The van der Waals surface area contributed by atoms with Crippen molar-refractivity contribution in [1.82, 2.24) is 4.90 Å². The van der Waals surface area contributed by atoms with Crippen molar-refractivity contribution < 1.29 is 9.90 Å². The van der Waals surface area contributed by atoms with Gasteiger partial charge in [0.05, 0.1) is 0 Å². The summed E-state index contributed by atoms with van der Waals surface area (Å²) in [7, 11) is 0. The van der Waals surface area contributed by atoms with E-state index < -0.39 is 11.5 Å². The number of hydrogen-bond donors (Lipinski definition) is 2. The maximum absolute atomic E-state index is 11.6. The SMILES string of the molecule is CC1CCN(CC(N)(C(=O)O)c2ccccc2)CC1. The molecule has 1 unspecified atom stereocenters. The molecule has 0 saturated carbocycles. The third-order valence-electron chi connectivity index (χ3n) is 4.02. The molecule has 2 rings (SSSR count). The van der Waals surface area contributed by atoms with Gasteiger partial charge < -0.3 is 15.7 Å². The molecule has 0 amide bonds. The molecule has 1 aromatic rings. The summed E-state index contributed by atoms with van der Waals surface area (Å²) in [6.07, 6.45) is 2.23. The molecule has 4 nitrogen and oxygen atoms in total. The molecular weight excluding hydrogens is 240 g/mol. The van der Waals surface area contributed by atoms with Crippen molar-refractivity contribution in [3.63, 3.8) is 0 Å². The van der Waals surface area contributed by atoms with Gasteiger partial charge in [0, 0.05) is 6.54 Å². The van der Waals surface area contributed by atoms with E-state index in [0.29, 0.717) is 12.1 Å². The Kier molecular flexibility index (Phi) is 4.22. The van der Waals surface area contributed by atoms with Crippen LogP contribution in [-0.4, -0.2) is 35.6 Å². The second kappa shape index (κ2) is 5.72. The van der Waals surface area contributed by atoms with Crippen LogP contribution in [0, 0.1) is 5.92 Å². The maximum Gasteiger partial charge on any atom is 0.329 e. The van der Waals surface area contributed by atoms with Crippen molar-refractivity contribution in [3.05, 3.63) is 35.9 Å². The molecule has 0 bridgehead atoms. The fourth-order valence-electron chi connectivity index (χ4n) is 2.59. The number of piperidine rings is 1. The summed E-state index contributed by atoms with van der Waals surface area (Å²) in [6.45, 7) is 4.47. The van der Waals surface area contributed by atoms with Crippen molar-refractivity contribution in [1.29, 1.82) is 0 Å². The van der Waals surface area contributed by atoms with Crippen LogP contribution >= 0.6 is 0 Å². The Balaban J connectivity index is 2.14. The molecule has 1 aromatic carbocycles. The summed E-state index contributed by atoms with van der Waals surface area (Å²) in [5.74, 6) is -0.234. The molecule has 1 saturated heterocycles. The van der Waals surface area contributed by atoms with Crippen LogP contribution in [0.1, 0.15) is 25.3 Å². The molecule has 4 heteroatoms. The summed E-state index contributed by atoms with van der Waals surface area (Å²) >= 11 is 0. The molecule has 0 aromatic heterocycles. The fourth-order valence-corrected chi connectivity index (χ4v) is 2.59. The molecule has 19 heavy (non-hydrogen) atoms. The minimum Gasteiger partial charge on any atom is -0.480 e. The number of carboxylic acids is 1. The third kappa shape index (κ3) is 3.14. The van der Waals surface area contributed by atoms with Crippen molar-refractivity contribution in [3.8, 4) is 0 Å². The van der Waals surface area contributed by atoms with E-state index in [0.717, 1.165) is 31.8 Å². The van der Waals surface area contributed by atoms with E-state index in [-0.39, 0.29) is 0 Å². The highest BCUT2D eigenvalue weighted by molar-refractivity contribution is 5.80. The van der Waals surface area contributed by atoms with E-state index in [1.165, 1.54) is 0 Å². The Morgan fingerprint density at radius 3 is 2.47 bits per heavy atom. The highest BCUT2D eigenvalue weighted by Crippen LogP contribution is 2.23. The zero-order valence-corrected chi connectivity index (χ0v) is 11.4. The Morgan fingerprint density at radius 1 is 1.37 bits per heavy atom. The molecule has 1 fully saturated rings. The van der Waals surface area contributed by atoms with Crippen LogP contribution in [-0.2, 0) is 10.3 Å². The molecule has 1 aliphatic heterocycles. The van der Waals surface area contributed by atoms with E-state index in [1.54, 1.807) is 12.1 Å². The van der Waals surface area contributed by atoms with Crippen molar-refractivity contribution in [2.75, 3.05) is 19.6 Å². The molecule has 0 aliphatic carbocycles. The summed E-state index contributed by atoms with van der Waals surface area (Å²) in [5, 5.41) is 9.52. The van der Waals surface area contributed by atoms with Crippen LogP contribution < -0.4 is 5.73 Å². The summed E-state index contributed by atoms with van der Waals surface area (Å²) < 4.78 is 0. The lowest BCUT2D eigenvalue weighted by atomic mass is 9.89. The minimum absolute atomic E-state index is 0.374. The Morgan fingerprint density at radius 2 is 1.95 bits per heavy atom. The van der Waals surface area contributed by atoms with Gasteiger partial charge in [-0.25, -0.2) is 4.79 Å². The van der Waals surface area contributed by atoms with Crippen LogP contribution in [0.15, 0.2) is 30.3 Å². The molecule has 0 spiro atoms. The molecule has 3 N–H and O–H groups in total. The van der Waals surface area contributed by atoms with Gasteiger partial charge in [-0.15, -0.1) is 0 Å². The maximum atomic E-state index is 11.6. The van der Waals surface area contributed by atoms with E-state index in [1.807, 2.05) is 18.2 Å². The minimum atomic E-state index is -1.32. The molecular formula is C15H22N2O2. The predicted molar refractivity (Wildman–Crippen MR) is 74.8 cm³/mol. The summed E-state index contributed by atoms with van der Waals surface area (Å²) in [6, 6.07) is 9.12. The lowest BCUT2D eigenvalue weighted by molar-refractivity contribution is -0.144. The van der Waals surface area contributed by atoms with E-state index in [9.17, 15) is 9.90 Å². The average molecular weight is 262 g/mol. The van der Waals surface area contributed by atoms with Crippen molar-refractivity contribution >= 4 is 5.97 Å². The van der Waals surface area contributed by atoms with E-state index in [2.05, 4.69) is 11.8 Å². The van der Waals surface area contributed by atoms with Crippen LogP contribution in [0.2, 0.25) is 0 Å². The lowest BCUT2D eigenvalue weighted by Gasteiger charge is -2.36. The first-order valence-corrected chi connectivity index (χ1v) is 6.82. The topological polar surface area (TPSA) is 66.6 Å². The van der Waals surface area contributed by atoms with Crippen molar-refractivity contribution in [2.24, 2.45) is 11.7 Å². The number of likely N-dealkylation sites (tertiary alicyclic amines) is 1. The van der Waals surface area contributed by atoms with Gasteiger partial charge in [-0.2, -0.15) is 0 Å². The van der Waals surface area contributed by atoms with Crippen molar-refractivity contribution in [2.45, 2.75) is 25.3 Å². The quantitative estimate of drug-likeness (QED) is 0.866. The molecule has 104 valence electrons. The number of nitrogens with zero attached hydrogens (tertiary/aromatic N) is 1. The molecule has 0 radical (unpaired) electrons. The fraction of sp³-hybridized carbons (Fsp3) is 0.533. The zero-order chi connectivity index (χ0) is 13.9. The number of nitrogens with two attached hydrogens (primary N) is 1. The van der Waals surface area contributed by atoms with Gasteiger partial charge in [-0.3, -0.25) is 0 Å². The van der Waals surface area contributed by atoms with Crippen LogP contribution in [0.3, 0.4) is 0 Å². The third-order valence-corrected chi connectivity index (χ3v) is 4.02. The van der Waals surface area contributed by atoms with Gasteiger partial charge in [-0.1, -0.05) is 37.3 Å². The van der Waals surface area contributed by atoms with Crippen LogP contribution in [0.4, 0.5) is 0 Å². The molecule has 1 heterocycles. The number of carbonyl (C=O) groups is 1. The highest BCUT2D eigenvalue weighted by Gasteiger charge is 2.38. The first-order valence-electron chi connectivity index (χ1n) is 6.82. The normalized spacial score (nSPS) is 20.9. The lowest BCUT2D eigenvalue weighted by Crippen LogP contribution is -2.54. The highest BCUT2D eigenvalue weighted by atomic mass is 16.4. The van der Waals surface area contributed by atoms with E-state index >= 15 is 0 Å². The number of aliphatic carboxylic acids is 1. The Labute approximate surface area is 114 Å². The standard InChI is InChI=1S/C15H22N2O2/c1-12-7-9-17(10-8-12)11-15(16,14(18)19)13-5-3-2-4-6-13/h2-6,12H,7-11,16H2,1H3,(H,18,19). The Bertz CT molecular complexity index is 427. The second-order valence-corrected chi connectivity index (χ2v) is 5.60. The first kappa shape index (κ1) is 14.0. The number of hydrogen-bond acceptors (Lipinski definition) is 3. The number of benzene rings is 1. The van der Waals surface area contributed by atoms with Gasteiger partial charge in [0.1, 0.15) is 0 Å². The van der Waals surface area contributed by atoms with Gasteiger partial charge in [0.2, 0.25) is 0 Å². The molecule has 1 aliphatic rings. The zero-order valence-electron chi connectivity index (χ0n) is 11.4. The summed E-state index contributed by atoms with van der Waals surface area (Å²) in [5.41, 5.74) is 5.54. The van der Waals surface area contributed by atoms with Gasteiger partial charge in [-0.05, 0) is 37.4 Å². The van der Waals surface area contributed by atoms with Crippen LogP contribution in [0.25, 0.3) is 0 Å². The van der Waals surface area contributed by atoms with Crippen LogP contribution in [0.5, 0.6) is 0 Å². The van der Waals surface area contributed by atoms with E-state index in [4.69, 9.17) is 5.73 Å². The van der Waals surface area contributed by atoms with Gasteiger partial charge in [0.25, 0.3) is 0 Å². The van der Waals surface area contributed by atoms with Gasteiger partial charge in [0.15, 0.2) is 5.54 Å².